The van der Waals surface area contributed by atoms with Gasteiger partial charge in [0.15, 0.2) is 0 Å². The number of nitrogens with one attached hydrogen (secondary N) is 2. The maximum atomic E-state index is 3.88. The monoisotopic (exact) mass is 367 g/mol. The van der Waals surface area contributed by atoms with Gasteiger partial charge in [-0.1, -0.05) is 37.3 Å². The Morgan fingerprint density at radius 3 is 2.68 bits per heavy atom. The second kappa shape index (κ2) is 9.02. The molecule has 1 unspecified atom stereocenters. The molecule has 2 rings (SSSR count). The standard InChI is InChI=1S/C19H22N2.Y/c1-14(2)20-18-9-5-7-16(12-18)11-17-8-6-10-19(13-17)21-15(3)4;/h5-7,9-10,12-13,16,20-21H,1,3,11H2,2,4H3;/q-2;. The first-order chi connectivity index (χ1) is 10.0. The van der Waals surface area contributed by atoms with E-state index in [0.717, 1.165) is 29.2 Å². The number of anilines is 1. The largest absolute Gasteiger partial charge is 0.382 e. The van der Waals surface area contributed by atoms with Crippen molar-refractivity contribution in [2.75, 3.05) is 5.32 Å². The molecule has 1 atom stereocenters. The van der Waals surface area contributed by atoms with Gasteiger partial charge in [-0.3, -0.25) is 0 Å². The Balaban J connectivity index is 0.00000242. The number of hydrogen-bond donors (Lipinski definition) is 2. The number of hydrogen-bond acceptors (Lipinski definition) is 2. The third-order valence-electron chi connectivity index (χ3n) is 3.06. The fourth-order valence-corrected chi connectivity index (χ4v) is 2.31. The Labute approximate surface area is 159 Å². The van der Waals surface area contributed by atoms with Crippen LogP contribution in [0.2, 0.25) is 0 Å². The van der Waals surface area contributed by atoms with Crippen molar-refractivity contribution in [3.05, 3.63) is 84.7 Å². The molecule has 1 aliphatic carbocycles. The Morgan fingerprint density at radius 2 is 2.00 bits per heavy atom. The summed E-state index contributed by atoms with van der Waals surface area (Å²) in [6, 6.07) is 9.39. The van der Waals surface area contributed by atoms with Crippen molar-refractivity contribution in [1.29, 1.82) is 0 Å². The van der Waals surface area contributed by atoms with Crippen molar-refractivity contribution in [2.45, 2.75) is 20.3 Å². The van der Waals surface area contributed by atoms with E-state index in [1.165, 1.54) is 5.56 Å². The Hall–Kier alpha value is -1.25. The summed E-state index contributed by atoms with van der Waals surface area (Å²) in [5, 5.41) is 6.50. The molecule has 0 saturated heterocycles. The van der Waals surface area contributed by atoms with Gasteiger partial charge >= 0.3 is 0 Å². The molecule has 0 spiro atoms. The van der Waals surface area contributed by atoms with Gasteiger partial charge in [-0.05, 0) is 19.5 Å². The summed E-state index contributed by atoms with van der Waals surface area (Å²) in [7, 11) is 0. The van der Waals surface area contributed by atoms with Gasteiger partial charge in [0, 0.05) is 44.1 Å². The van der Waals surface area contributed by atoms with Crippen molar-refractivity contribution in [2.24, 2.45) is 5.92 Å². The van der Waals surface area contributed by atoms with Gasteiger partial charge in [-0.15, -0.1) is 12.1 Å². The van der Waals surface area contributed by atoms with Crippen LogP contribution in [0.3, 0.4) is 0 Å². The van der Waals surface area contributed by atoms with Crippen LogP contribution >= 0.6 is 0 Å². The average molecular weight is 367 g/mol. The van der Waals surface area contributed by atoms with Crippen LogP contribution in [0.4, 0.5) is 5.69 Å². The van der Waals surface area contributed by atoms with E-state index in [0.29, 0.717) is 5.92 Å². The predicted molar refractivity (Wildman–Crippen MR) is 90.4 cm³/mol. The van der Waals surface area contributed by atoms with E-state index in [2.05, 4.69) is 60.6 Å². The number of benzene rings is 1. The normalized spacial score (nSPS) is 15.9. The van der Waals surface area contributed by atoms with E-state index in [1.54, 1.807) is 0 Å². The quantitative estimate of drug-likeness (QED) is 0.730. The first-order valence-corrected chi connectivity index (χ1v) is 7.12. The van der Waals surface area contributed by atoms with Gasteiger partial charge in [0.05, 0.1) is 0 Å². The van der Waals surface area contributed by atoms with Crippen LogP contribution in [0.15, 0.2) is 66.7 Å². The van der Waals surface area contributed by atoms with Crippen LogP contribution in [0.1, 0.15) is 19.4 Å². The zero-order valence-electron chi connectivity index (χ0n) is 13.3. The SMILES string of the molecule is C=C(C)NC1=CC(Cc2[c-]ccc(NC(=C)C)c2)[CH-]C=C1.[Y]. The van der Waals surface area contributed by atoms with Crippen molar-refractivity contribution < 1.29 is 32.7 Å². The Morgan fingerprint density at radius 1 is 1.27 bits per heavy atom. The minimum absolute atomic E-state index is 0. The molecule has 1 aliphatic rings. The van der Waals surface area contributed by atoms with Crippen molar-refractivity contribution >= 4 is 5.69 Å². The fraction of sp³-hybridized carbons (Fsp3) is 0.211. The number of rotatable bonds is 6. The van der Waals surface area contributed by atoms with E-state index in [-0.39, 0.29) is 32.7 Å². The first-order valence-electron chi connectivity index (χ1n) is 7.12. The van der Waals surface area contributed by atoms with E-state index >= 15 is 0 Å². The van der Waals surface area contributed by atoms with Gasteiger partial charge in [0.25, 0.3) is 0 Å². The molecule has 113 valence electrons. The average Bonchev–Trinajstić information content (AvgIpc) is 2.37. The molecule has 2 nitrogen and oxygen atoms in total. The van der Waals surface area contributed by atoms with Gasteiger partial charge in [-0.25, -0.2) is 12.5 Å². The van der Waals surface area contributed by atoms with Gasteiger partial charge in [-0.2, -0.15) is 23.8 Å². The summed E-state index contributed by atoms with van der Waals surface area (Å²) in [6.07, 6.45) is 9.51. The van der Waals surface area contributed by atoms with Gasteiger partial charge < -0.3 is 10.6 Å². The third kappa shape index (κ3) is 6.25. The molecule has 0 bridgehead atoms. The molecule has 0 amide bonds. The topological polar surface area (TPSA) is 24.1 Å². The predicted octanol–water partition coefficient (Wildman–Crippen LogP) is 4.37. The van der Waals surface area contributed by atoms with Crippen molar-refractivity contribution in [3.63, 3.8) is 0 Å². The molecule has 0 aromatic heterocycles. The first kappa shape index (κ1) is 18.8. The van der Waals surface area contributed by atoms with Crippen LogP contribution in [0.25, 0.3) is 0 Å². The summed E-state index contributed by atoms with van der Waals surface area (Å²) in [4.78, 5) is 0. The molecular formula is C19H22N2Y-2. The maximum Gasteiger partial charge on any atom is 0.00334 e. The molecule has 1 aromatic carbocycles. The summed E-state index contributed by atoms with van der Waals surface area (Å²) < 4.78 is 0. The summed E-state index contributed by atoms with van der Waals surface area (Å²) >= 11 is 0. The molecule has 0 aliphatic heterocycles. The van der Waals surface area contributed by atoms with Crippen LogP contribution in [0.5, 0.6) is 0 Å². The van der Waals surface area contributed by atoms with Crippen molar-refractivity contribution in [1.82, 2.24) is 5.32 Å². The molecule has 1 aromatic rings. The van der Waals surface area contributed by atoms with Crippen LogP contribution in [0, 0.1) is 18.4 Å². The van der Waals surface area contributed by atoms with E-state index in [9.17, 15) is 0 Å². The summed E-state index contributed by atoms with van der Waals surface area (Å²) in [5.41, 5.74) is 5.24. The second-order valence-corrected chi connectivity index (χ2v) is 5.45. The molecule has 0 saturated carbocycles. The summed E-state index contributed by atoms with van der Waals surface area (Å²) in [6.45, 7) is 11.7. The Bertz CT molecular complexity index is 599. The molecular weight excluding hydrogens is 345 g/mol. The second-order valence-electron chi connectivity index (χ2n) is 5.45. The maximum absolute atomic E-state index is 3.88. The van der Waals surface area contributed by atoms with Crippen molar-refractivity contribution in [3.8, 4) is 0 Å². The zero-order valence-corrected chi connectivity index (χ0v) is 16.2. The molecule has 2 N–H and O–H groups in total. The molecule has 1 radical (unpaired) electrons. The molecule has 3 heteroatoms. The van der Waals surface area contributed by atoms with Crippen LogP contribution < -0.4 is 10.6 Å². The molecule has 0 fully saturated rings. The third-order valence-corrected chi connectivity index (χ3v) is 3.06. The minimum Gasteiger partial charge on any atom is -0.382 e. The fourth-order valence-electron chi connectivity index (χ4n) is 2.31. The number of allylic oxidation sites excluding steroid dienone is 5. The van der Waals surface area contributed by atoms with Gasteiger partial charge in [0.1, 0.15) is 0 Å². The zero-order chi connectivity index (χ0) is 15.2. The smallest absolute Gasteiger partial charge is 0.00334 e. The van der Waals surface area contributed by atoms with E-state index in [4.69, 9.17) is 0 Å². The Kier molecular flexibility index (Phi) is 7.71. The van der Waals surface area contributed by atoms with Crippen LogP contribution in [-0.2, 0) is 39.1 Å². The van der Waals surface area contributed by atoms with E-state index < -0.39 is 0 Å². The molecule has 22 heavy (non-hydrogen) atoms. The molecule has 0 heterocycles. The van der Waals surface area contributed by atoms with Crippen LogP contribution in [-0.4, -0.2) is 0 Å². The minimum atomic E-state index is 0. The summed E-state index contributed by atoms with van der Waals surface area (Å²) in [5.74, 6) is 0.369. The van der Waals surface area contributed by atoms with Gasteiger partial charge in [0.2, 0.25) is 0 Å². The van der Waals surface area contributed by atoms with E-state index in [1.807, 2.05) is 26.0 Å².